The Labute approximate surface area is 149 Å². The van der Waals surface area contributed by atoms with Gasteiger partial charge in [0.15, 0.2) is 0 Å². The van der Waals surface area contributed by atoms with Crippen LogP contribution in [0.3, 0.4) is 0 Å². The molecule has 1 spiro atoms. The Morgan fingerprint density at radius 2 is 1.52 bits per heavy atom. The summed E-state index contributed by atoms with van der Waals surface area (Å²) in [7, 11) is 0. The third-order valence-electron chi connectivity index (χ3n) is 5.49. The predicted octanol–water partition coefficient (Wildman–Crippen LogP) is 2.26. The zero-order valence-electron chi connectivity index (χ0n) is 14.5. The minimum atomic E-state index is -0.386. The molecule has 4 nitrogen and oxygen atoms in total. The van der Waals surface area contributed by atoms with Crippen LogP contribution in [0.1, 0.15) is 17.5 Å². The zero-order chi connectivity index (χ0) is 17.1. The van der Waals surface area contributed by atoms with Crippen LogP contribution in [0, 0.1) is 0 Å². The van der Waals surface area contributed by atoms with Gasteiger partial charge in [0.1, 0.15) is 5.54 Å². The molecule has 0 aromatic heterocycles. The Morgan fingerprint density at radius 1 is 0.880 bits per heavy atom. The van der Waals surface area contributed by atoms with Crippen LogP contribution in [-0.2, 0) is 17.9 Å². The number of carbonyl (C=O) groups excluding carboxylic acids is 1. The highest BCUT2D eigenvalue weighted by molar-refractivity contribution is 5.89. The molecule has 2 saturated heterocycles. The van der Waals surface area contributed by atoms with Crippen molar-refractivity contribution in [3.8, 4) is 0 Å². The second kappa shape index (κ2) is 6.98. The van der Waals surface area contributed by atoms with Gasteiger partial charge >= 0.3 is 0 Å². The number of amides is 1. The summed E-state index contributed by atoms with van der Waals surface area (Å²) in [6.45, 7) is 5.26. The molecule has 0 aliphatic carbocycles. The summed E-state index contributed by atoms with van der Waals surface area (Å²) in [6, 6.07) is 21.0. The Morgan fingerprint density at radius 3 is 2.12 bits per heavy atom. The van der Waals surface area contributed by atoms with Gasteiger partial charge in [-0.1, -0.05) is 60.7 Å². The minimum absolute atomic E-state index is 0.196. The van der Waals surface area contributed by atoms with E-state index >= 15 is 0 Å². The van der Waals surface area contributed by atoms with Gasteiger partial charge in [-0.3, -0.25) is 14.6 Å². The maximum absolute atomic E-state index is 12.8. The van der Waals surface area contributed by atoms with E-state index in [1.165, 1.54) is 11.1 Å². The molecule has 130 valence electrons. The largest absolute Gasteiger partial charge is 0.354 e. The highest BCUT2D eigenvalue weighted by atomic mass is 16.2. The van der Waals surface area contributed by atoms with Crippen LogP contribution >= 0.6 is 0 Å². The summed E-state index contributed by atoms with van der Waals surface area (Å²) in [5.41, 5.74) is 2.20. The van der Waals surface area contributed by atoms with E-state index < -0.39 is 0 Å². The second-order valence-electron chi connectivity index (χ2n) is 7.14. The standard InChI is InChI=1S/C21H25N3O/c25-20-21(11-12-22-20)17-23(15-18-7-3-1-4-8-18)13-14-24(21)16-19-9-5-2-6-10-19/h1-10H,11-17H2,(H,22,25). The molecule has 4 heteroatoms. The van der Waals surface area contributed by atoms with Crippen molar-refractivity contribution >= 4 is 5.91 Å². The first-order valence-electron chi connectivity index (χ1n) is 9.10. The normalized spacial score (nSPS) is 24.6. The summed E-state index contributed by atoms with van der Waals surface area (Å²) in [5.74, 6) is 0.196. The Hall–Kier alpha value is -2.17. The third kappa shape index (κ3) is 3.32. The SMILES string of the molecule is O=C1NCCC12CN(Cc1ccccc1)CCN2Cc1ccccc1. The van der Waals surface area contributed by atoms with Crippen LogP contribution in [0.4, 0.5) is 0 Å². The first kappa shape index (κ1) is 16.3. The number of hydrogen-bond donors (Lipinski definition) is 1. The summed E-state index contributed by atoms with van der Waals surface area (Å²) in [6.07, 6.45) is 0.893. The number of benzene rings is 2. The van der Waals surface area contributed by atoms with Crippen LogP contribution in [0.2, 0.25) is 0 Å². The van der Waals surface area contributed by atoms with E-state index in [1.54, 1.807) is 0 Å². The van der Waals surface area contributed by atoms with Crippen molar-refractivity contribution in [2.45, 2.75) is 25.0 Å². The molecule has 0 bridgehead atoms. The smallest absolute Gasteiger partial charge is 0.241 e. The third-order valence-corrected chi connectivity index (χ3v) is 5.49. The van der Waals surface area contributed by atoms with E-state index in [2.05, 4.69) is 63.6 Å². The van der Waals surface area contributed by atoms with E-state index in [-0.39, 0.29) is 11.4 Å². The van der Waals surface area contributed by atoms with Gasteiger partial charge in [-0.05, 0) is 17.5 Å². The summed E-state index contributed by atoms with van der Waals surface area (Å²) in [4.78, 5) is 17.6. The molecule has 2 heterocycles. The fourth-order valence-corrected chi connectivity index (χ4v) is 4.15. The van der Waals surface area contributed by atoms with Crippen LogP contribution in [0.5, 0.6) is 0 Å². The average Bonchev–Trinajstić information content (AvgIpc) is 3.00. The van der Waals surface area contributed by atoms with Gasteiger partial charge in [0.05, 0.1) is 0 Å². The van der Waals surface area contributed by atoms with E-state index in [9.17, 15) is 4.79 Å². The molecule has 2 aliphatic heterocycles. The maximum Gasteiger partial charge on any atom is 0.241 e. The highest BCUT2D eigenvalue weighted by Crippen LogP contribution is 2.31. The fraction of sp³-hybridized carbons (Fsp3) is 0.381. The van der Waals surface area contributed by atoms with Gasteiger partial charge < -0.3 is 5.32 Å². The number of rotatable bonds is 4. The Balaban J connectivity index is 1.53. The van der Waals surface area contributed by atoms with Crippen molar-refractivity contribution in [2.75, 3.05) is 26.2 Å². The molecular weight excluding hydrogens is 310 g/mol. The monoisotopic (exact) mass is 335 g/mol. The fourth-order valence-electron chi connectivity index (χ4n) is 4.15. The van der Waals surface area contributed by atoms with Gasteiger partial charge in [0.2, 0.25) is 5.91 Å². The first-order valence-corrected chi connectivity index (χ1v) is 9.10. The van der Waals surface area contributed by atoms with E-state index in [1.807, 2.05) is 12.1 Å². The Bertz CT molecular complexity index is 718. The van der Waals surface area contributed by atoms with Gasteiger partial charge in [-0.25, -0.2) is 0 Å². The lowest BCUT2D eigenvalue weighted by atomic mass is 9.90. The van der Waals surface area contributed by atoms with Crippen molar-refractivity contribution in [1.82, 2.24) is 15.1 Å². The molecule has 0 saturated carbocycles. The topological polar surface area (TPSA) is 35.6 Å². The molecule has 2 fully saturated rings. The van der Waals surface area contributed by atoms with Crippen LogP contribution < -0.4 is 5.32 Å². The van der Waals surface area contributed by atoms with Gasteiger partial charge in [0, 0.05) is 39.3 Å². The number of piperazine rings is 1. The highest BCUT2D eigenvalue weighted by Gasteiger charge is 2.50. The van der Waals surface area contributed by atoms with Gasteiger partial charge in [0.25, 0.3) is 0 Å². The van der Waals surface area contributed by atoms with E-state index in [4.69, 9.17) is 0 Å². The van der Waals surface area contributed by atoms with E-state index in [0.29, 0.717) is 0 Å². The lowest BCUT2D eigenvalue weighted by Gasteiger charge is -2.47. The molecule has 1 atom stereocenters. The number of hydrogen-bond acceptors (Lipinski definition) is 3. The van der Waals surface area contributed by atoms with E-state index in [0.717, 1.165) is 45.7 Å². The van der Waals surface area contributed by atoms with Crippen molar-refractivity contribution in [3.05, 3.63) is 71.8 Å². The first-order chi connectivity index (χ1) is 12.3. The minimum Gasteiger partial charge on any atom is -0.354 e. The molecule has 1 N–H and O–H groups in total. The number of carbonyl (C=O) groups is 1. The molecule has 1 unspecified atom stereocenters. The molecule has 4 rings (SSSR count). The van der Waals surface area contributed by atoms with Crippen molar-refractivity contribution in [2.24, 2.45) is 0 Å². The van der Waals surface area contributed by atoms with Crippen LogP contribution in [0.25, 0.3) is 0 Å². The molecular formula is C21H25N3O. The van der Waals surface area contributed by atoms with Crippen LogP contribution in [0.15, 0.2) is 60.7 Å². The molecule has 2 aliphatic rings. The van der Waals surface area contributed by atoms with Crippen LogP contribution in [-0.4, -0.2) is 47.4 Å². The lowest BCUT2D eigenvalue weighted by Crippen LogP contribution is -2.64. The summed E-state index contributed by atoms with van der Waals surface area (Å²) in [5, 5.41) is 3.07. The molecule has 1 amide bonds. The number of nitrogens with one attached hydrogen (secondary N) is 1. The van der Waals surface area contributed by atoms with Crippen molar-refractivity contribution in [1.29, 1.82) is 0 Å². The quantitative estimate of drug-likeness (QED) is 0.931. The van der Waals surface area contributed by atoms with Gasteiger partial charge in [-0.2, -0.15) is 0 Å². The molecule has 2 aromatic carbocycles. The Kier molecular flexibility index (Phi) is 4.55. The zero-order valence-corrected chi connectivity index (χ0v) is 14.5. The van der Waals surface area contributed by atoms with Gasteiger partial charge in [-0.15, -0.1) is 0 Å². The lowest BCUT2D eigenvalue weighted by molar-refractivity contribution is -0.135. The second-order valence-corrected chi connectivity index (χ2v) is 7.14. The number of nitrogens with zero attached hydrogens (tertiary/aromatic N) is 2. The van der Waals surface area contributed by atoms with Crippen molar-refractivity contribution < 1.29 is 4.79 Å². The average molecular weight is 335 g/mol. The summed E-state index contributed by atoms with van der Waals surface area (Å²) >= 11 is 0. The predicted molar refractivity (Wildman–Crippen MR) is 98.9 cm³/mol. The molecule has 0 radical (unpaired) electrons. The van der Waals surface area contributed by atoms with Crippen molar-refractivity contribution in [3.63, 3.8) is 0 Å². The molecule has 25 heavy (non-hydrogen) atoms. The molecule has 2 aromatic rings. The maximum atomic E-state index is 12.8. The summed E-state index contributed by atoms with van der Waals surface area (Å²) < 4.78 is 0.